The number of piperazine rings is 1. The zero-order valence-electron chi connectivity index (χ0n) is 16.4. The minimum Gasteiger partial charge on any atom is -0.477 e. The number of ether oxygens (including phenoxy) is 1. The zero-order valence-corrected chi connectivity index (χ0v) is 16.4. The van der Waals surface area contributed by atoms with E-state index >= 15 is 0 Å². The van der Waals surface area contributed by atoms with Crippen molar-refractivity contribution >= 4 is 5.95 Å². The van der Waals surface area contributed by atoms with Crippen LogP contribution in [-0.2, 0) is 19.4 Å². The molecule has 0 radical (unpaired) electrons. The van der Waals surface area contributed by atoms with Gasteiger partial charge in [-0.3, -0.25) is 4.90 Å². The summed E-state index contributed by atoms with van der Waals surface area (Å²) in [7, 11) is 0. The van der Waals surface area contributed by atoms with Crippen LogP contribution in [0, 0.1) is 0 Å². The highest BCUT2D eigenvalue weighted by atomic mass is 16.5. The van der Waals surface area contributed by atoms with Crippen molar-refractivity contribution in [1.29, 1.82) is 0 Å². The van der Waals surface area contributed by atoms with Crippen molar-refractivity contribution in [2.24, 2.45) is 0 Å². The first-order chi connectivity index (χ1) is 13.3. The van der Waals surface area contributed by atoms with Gasteiger partial charge in [0.05, 0.1) is 12.3 Å². The average molecular weight is 367 g/mol. The minimum atomic E-state index is 0.730. The fraction of sp³-hybridized carbons (Fsp3) is 0.545. The molecule has 1 aromatic heterocycles. The van der Waals surface area contributed by atoms with Crippen LogP contribution in [0.25, 0.3) is 0 Å². The minimum absolute atomic E-state index is 0.730. The molecule has 144 valence electrons. The Balaban J connectivity index is 1.44. The van der Waals surface area contributed by atoms with Crippen LogP contribution < -0.4 is 9.64 Å². The molecule has 4 rings (SSSR count). The van der Waals surface area contributed by atoms with E-state index in [0.29, 0.717) is 0 Å². The predicted molar refractivity (Wildman–Crippen MR) is 108 cm³/mol. The highest BCUT2D eigenvalue weighted by molar-refractivity contribution is 5.42. The van der Waals surface area contributed by atoms with Gasteiger partial charge in [-0.2, -0.15) is 4.98 Å². The first-order valence-electron chi connectivity index (χ1n) is 10.4. The van der Waals surface area contributed by atoms with Crippen molar-refractivity contribution in [2.45, 2.75) is 45.6 Å². The van der Waals surface area contributed by atoms with Gasteiger partial charge in [0.1, 0.15) is 0 Å². The van der Waals surface area contributed by atoms with Crippen molar-refractivity contribution in [3.05, 3.63) is 47.2 Å². The van der Waals surface area contributed by atoms with Crippen LogP contribution >= 0.6 is 0 Å². The Morgan fingerprint density at radius 2 is 1.74 bits per heavy atom. The molecular weight excluding hydrogens is 336 g/mol. The molecule has 5 nitrogen and oxygen atoms in total. The Morgan fingerprint density at radius 1 is 0.963 bits per heavy atom. The largest absolute Gasteiger partial charge is 0.477 e. The van der Waals surface area contributed by atoms with E-state index in [1.807, 2.05) is 0 Å². The molecule has 0 bridgehead atoms. The molecule has 0 N–H and O–H groups in total. The molecule has 0 atom stereocenters. The van der Waals surface area contributed by atoms with Crippen molar-refractivity contribution < 1.29 is 4.74 Å². The number of benzene rings is 1. The monoisotopic (exact) mass is 366 g/mol. The molecule has 0 amide bonds. The zero-order chi connectivity index (χ0) is 18.5. The predicted octanol–water partition coefficient (Wildman–Crippen LogP) is 3.47. The smallest absolute Gasteiger partial charge is 0.228 e. The number of nitrogens with zero attached hydrogens (tertiary/aromatic N) is 4. The topological polar surface area (TPSA) is 41.5 Å². The van der Waals surface area contributed by atoms with Crippen LogP contribution in [0.5, 0.6) is 5.88 Å². The Morgan fingerprint density at radius 3 is 2.52 bits per heavy atom. The van der Waals surface area contributed by atoms with E-state index in [9.17, 15) is 0 Å². The molecule has 0 spiro atoms. The van der Waals surface area contributed by atoms with E-state index in [1.165, 1.54) is 29.7 Å². The number of fused-ring (bicyclic) bond motifs is 1. The van der Waals surface area contributed by atoms with Crippen molar-refractivity contribution in [3.8, 4) is 5.88 Å². The van der Waals surface area contributed by atoms with Gasteiger partial charge in [0, 0.05) is 38.3 Å². The quantitative estimate of drug-likeness (QED) is 0.783. The van der Waals surface area contributed by atoms with Crippen LogP contribution in [0.1, 0.15) is 43.0 Å². The van der Waals surface area contributed by atoms with Gasteiger partial charge in [-0.25, -0.2) is 4.98 Å². The molecule has 27 heavy (non-hydrogen) atoms. The van der Waals surface area contributed by atoms with Crippen molar-refractivity contribution in [1.82, 2.24) is 14.9 Å². The summed E-state index contributed by atoms with van der Waals surface area (Å²) in [5.74, 6) is 1.70. The third-order valence-electron chi connectivity index (χ3n) is 5.48. The summed E-state index contributed by atoms with van der Waals surface area (Å²) < 4.78 is 6.00. The molecule has 2 aliphatic rings. The standard InChI is InChI=1S/C22H30N4O/c1-2-16-27-21-19-10-6-7-11-20(19)23-22(24-21)26-14-12-25(13-15-26)17-18-8-4-3-5-9-18/h3-5,8-9H,2,6-7,10-17H2,1H3. The Hall–Kier alpha value is -2.14. The molecule has 0 saturated carbocycles. The summed E-state index contributed by atoms with van der Waals surface area (Å²) in [6, 6.07) is 10.7. The fourth-order valence-electron chi connectivity index (χ4n) is 3.95. The van der Waals surface area contributed by atoms with Gasteiger partial charge in [-0.15, -0.1) is 0 Å². The summed E-state index contributed by atoms with van der Waals surface area (Å²) in [6.45, 7) is 7.91. The maximum atomic E-state index is 6.00. The molecule has 2 heterocycles. The summed E-state index contributed by atoms with van der Waals surface area (Å²) in [6.07, 6.45) is 5.56. The van der Waals surface area contributed by atoms with E-state index in [-0.39, 0.29) is 0 Å². The number of aromatic nitrogens is 2. The van der Waals surface area contributed by atoms with Crippen molar-refractivity contribution in [3.63, 3.8) is 0 Å². The molecule has 2 aromatic rings. The maximum absolute atomic E-state index is 6.00. The average Bonchev–Trinajstić information content (AvgIpc) is 2.73. The highest BCUT2D eigenvalue weighted by Crippen LogP contribution is 2.29. The highest BCUT2D eigenvalue weighted by Gasteiger charge is 2.24. The first kappa shape index (κ1) is 18.2. The number of hydrogen-bond acceptors (Lipinski definition) is 5. The lowest BCUT2D eigenvalue weighted by atomic mass is 9.97. The molecule has 1 fully saturated rings. The SMILES string of the molecule is CCCOc1nc(N2CCN(Cc3ccccc3)CC2)nc2c1CCCC2. The van der Waals surface area contributed by atoms with E-state index in [4.69, 9.17) is 14.7 Å². The lowest BCUT2D eigenvalue weighted by Gasteiger charge is -2.35. The summed E-state index contributed by atoms with van der Waals surface area (Å²) in [5, 5.41) is 0. The van der Waals surface area contributed by atoms with Crippen LogP contribution in [0.3, 0.4) is 0 Å². The van der Waals surface area contributed by atoms with Crippen LogP contribution in [0.2, 0.25) is 0 Å². The van der Waals surface area contributed by atoms with Crippen LogP contribution in [-0.4, -0.2) is 47.7 Å². The van der Waals surface area contributed by atoms with Crippen molar-refractivity contribution in [2.75, 3.05) is 37.7 Å². The molecule has 1 aliphatic carbocycles. The van der Waals surface area contributed by atoms with E-state index in [1.54, 1.807) is 0 Å². The molecule has 1 aromatic carbocycles. The molecule has 1 aliphatic heterocycles. The third-order valence-corrected chi connectivity index (χ3v) is 5.48. The second-order valence-electron chi connectivity index (χ2n) is 7.56. The van der Waals surface area contributed by atoms with E-state index < -0.39 is 0 Å². The van der Waals surface area contributed by atoms with Gasteiger partial charge in [-0.05, 0) is 37.7 Å². The summed E-state index contributed by atoms with van der Waals surface area (Å²) in [5.41, 5.74) is 3.84. The van der Waals surface area contributed by atoms with Crippen LogP contribution in [0.4, 0.5) is 5.95 Å². The summed E-state index contributed by atoms with van der Waals surface area (Å²) in [4.78, 5) is 14.6. The molecular formula is C22H30N4O. The van der Waals surface area contributed by atoms with Gasteiger partial charge in [-0.1, -0.05) is 37.3 Å². The summed E-state index contributed by atoms with van der Waals surface area (Å²) >= 11 is 0. The number of anilines is 1. The van der Waals surface area contributed by atoms with Crippen LogP contribution in [0.15, 0.2) is 30.3 Å². The normalized spacial score (nSPS) is 17.6. The first-order valence-corrected chi connectivity index (χ1v) is 10.4. The molecule has 5 heteroatoms. The Labute approximate surface area is 162 Å². The lowest BCUT2D eigenvalue weighted by Crippen LogP contribution is -2.46. The van der Waals surface area contributed by atoms with E-state index in [0.717, 1.165) is 70.4 Å². The van der Waals surface area contributed by atoms with Gasteiger partial charge in [0.25, 0.3) is 0 Å². The number of hydrogen-bond donors (Lipinski definition) is 0. The number of rotatable bonds is 6. The van der Waals surface area contributed by atoms with Gasteiger partial charge >= 0.3 is 0 Å². The molecule has 0 unspecified atom stereocenters. The van der Waals surface area contributed by atoms with E-state index in [2.05, 4.69) is 47.1 Å². The second-order valence-corrected chi connectivity index (χ2v) is 7.56. The Bertz CT molecular complexity index is 741. The van der Waals surface area contributed by atoms with Gasteiger partial charge < -0.3 is 9.64 Å². The lowest BCUT2D eigenvalue weighted by molar-refractivity contribution is 0.248. The fourth-order valence-corrected chi connectivity index (χ4v) is 3.95. The third kappa shape index (κ3) is 4.41. The maximum Gasteiger partial charge on any atom is 0.228 e. The van der Waals surface area contributed by atoms with Gasteiger partial charge in [0.2, 0.25) is 11.8 Å². The Kier molecular flexibility index (Phi) is 5.87. The van der Waals surface area contributed by atoms with Gasteiger partial charge in [0.15, 0.2) is 0 Å². The second kappa shape index (κ2) is 8.70. The number of aryl methyl sites for hydroxylation is 1. The molecule has 1 saturated heterocycles.